The van der Waals surface area contributed by atoms with Crippen LogP contribution in [0.5, 0.6) is 0 Å². The van der Waals surface area contributed by atoms with Crippen LogP contribution in [0, 0.1) is 12.1 Å². The van der Waals surface area contributed by atoms with Crippen molar-refractivity contribution < 1.29 is 24.5 Å². The molecule has 0 fully saturated rings. The van der Waals surface area contributed by atoms with Gasteiger partial charge in [0, 0.05) is 31.7 Å². The van der Waals surface area contributed by atoms with Crippen molar-refractivity contribution in [1.82, 2.24) is 9.97 Å². The average molecular weight is 786 g/mol. The van der Waals surface area contributed by atoms with Crippen molar-refractivity contribution in [1.29, 1.82) is 0 Å². The minimum absolute atomic E-state index is 0. The molecule has 0 aliphatic carbocycles. The largest absolute Gasteiger partial charge is 0.501 e. The molecule has 1 aliphatic heterocycles. The maximum atomic E-state index is 5.97. The Morgan fingerprint density at radius 1 is 0.643 bits per heavy atom. The number of hydrogen-bond donors (Lipinski definition) is 0. The minimum Gasteiger partial charge on any atom is -0.501 e. The van der Waals surface area contributed by atoms with Gasteiger partial charge in [-0.1, -0.05) is 41.3 Å². The number of benzene rings is 4. The number of hydrogen-bond acceptors (Lipinski definition) is 3. The smallest absolute Gasteiger partial charge is 0.120 e. The summed E-state index contributed by atoms with van der Waals surface area (Å²) in [6, 6.07) is 43.8. The topological polar surface area (TPSA) is 38.9 Å². The second-order valence-corrected chi connectivity index (χ2v) is 12.7. The zero-order valence-electron chi connectivity index (χ0n) is 23.1. The molecule has 1 aliphatic rings. The van der Waals surface area contributed by atoms with Gasteiger partial charge in [0.25, 0.3) is 0 Å². The van der Waals surface area contributed by atoms with Gasteiger partial charge >= 0.3 is 137 Å². The molecule has 3 aromatic heterocycles. The van der Waals surface area contributed by atoms with Crippen LogP contribution in [0.3, 0.4) is 0 Å². The van der Waals surface area contributed by atoms with E-state index in [2.05, 4.69) is 84.5 Å². The fraction of sp³-hybridized carbons (Fsp3) is 0.0811. The van der Waals surface area contributed by atoms with Gasteiger partial charge in [-0.15, -0.1) is 18.2 Å². The van der Waals surface area contributed by atoms with E-state index in [9.17, 15) is 0 Å². The van der Waals surface area contributed by atoms with Gasteiger partial charge in [-0.05, 0) is 17.8 Å². The Hall–Kier alpha value is -3.85. The van der Waals surface area contributed by atoms with Gasteiger partial charge in [-0.25, -0.2) is 0 Å². The Balaban J connectivity index is 0.000000148. The first kappa shape index (κ1) is 28.3. The molecule has 4 aromatic carbocycles. The van der Waals surface area contributed by atoms with Gasteiger partial charge in [0.1, 0.15) is 5.58 Å². The van der Waals surface area contributed by atoms with Crippen molar-refractivity contribution in [3.63, 3.8) is 0 Å². The van der Waals surface area contributed by atoms with Crippen molar-refractivity contribution >= 4 is 45.8 Å². The molecular formula is C37H26IrN2OSe-2. The zero-order valence-corrected chi connectivity index (χ0v) is 27.2. The molecule has 0 saturated carbocycles. The molecule has 0 spiro atoms. The number of furan rings is 1. The summed E-state index contributed by atoms with van der Waals surface area (Å²) in [5.41, 5.74) is 8.53. The summed E-state index contributed by atoms with van der Waals surface area (Å²) >= 11 is 0.347. The van der Waals surface area contributed by atoms with E-state index in [1.54, 1.807) is 6.20 Å². The van der Waals surface area contributed by atoms with E-state index in [4.69, 9.17) is 4.42 Å². The summed E-state index contributed by atoms with van der Waals surface area (Å²) in [5.74, 6) is 0. The molecule has 5 heteroatoms. The molecule has 4 heterocycles. The number of para-hydroxylation sites is 1. The first-order chi connectivity index (χ1) is 20.1. The maximum absolute atomic E-state index is 5.97. The molecule has 8 rings (SSSR count). The summed E-state index contributed by atoms with van der Waals surface area (Å²) in [6.07, 6.45) is 3.64. The summed E-state index contributed by atoms with van der Waals surface area (Å²) < 4.78 is 8.91. The molecule has 0 atom stereocenters. The predicted octanol–water partition coefficient (Wildman–Crippen LogP) is 7.29. The monoisotopic (exact) mass is 787 g/mol. The van der Waals surface area contributed by atoms with E-state index in [0.29, 0.717) is 15.0 Å². The number of rotatable bonds is 2. The van der Waals surface area contributed by atoms with E-state index in [1.807, 2.05) is 66.9 Å². The van der Waals surface area contributed by atoms with Crippen molar-refractivity contribution in [2.24, 2.45) is 0 Å². The molecule has 7 aromatic rings. The van der Waals surface area contributed by atoms with Crippen molar-refractivity contribution in [2.75, 3.05) is 0 Å². The summed E-state index contributed by atoms with van der Waals surface area (Å²) in [5, 5.41) is 2.23. The Kier molecular flexibility index (Phi) is 7.94. The summed E-state index contributed by atoms with van der Waals surface area (Å²) in [7, 11) is 0. The van der Waals surface area contributed by atoms with E-state index >= 15 is 0 Å². The summed E-state index contributed by atoms with van der Waals surface area (Å²) in [4.78, 5) is 8.93. The molecule has 0 unspecified atom stereocenters. The van der Waals surface area contributed by atoms with Crippen LogP contribution in [0.25, 0.3) is 44.5 Å². The van der Waals surface area contributed by atoms with Crippen molar-refractivity contribution in [2.45, 2.75) is 19.3 Å². The third-order valence-electron chi connectivity index (χ3n) is 7.54. The van der Waals surface area contributed by atoms with Crippen molar-refractivity contribution in [3.8, 4) is 22.5 Å². The fourth-order valence-corrected chi connectivity index (χ4v) is 8.58. The molecular weight excluding hydrogens is 760 g/mol. The molecule has 0 bridgehead atoms. The van der Waals surface area contributed by atoms with E-state index in [1.165, 1.54) is 20.1 Å². The zero-order chi connectivity index (χ0) is 27.8. The van der Waals surface area contributed by atoms with E-state index < -0.39 is 0 Å². The Bertz CT molecular complexity index is 2000. The van der Waals surface area contributed by atoms with Gasteiger partial charge < -0.3 is 9.40 Å². The quantitative estimate of drug-likeness (QED) is 0.137. The van der Waals surface area contributed by atoms with Crippen LogP contribution in [0.2, 0.25) is 0 Å². The number of fused-ring (bicyclic) bond motifs is 5. The molecule has 0 amide bonds. The third-order valence-corrected chi connectivity index (χ3v) is 9.93. The fourth-order valence-electron chi connectivity index (χ4n) is 5.61. The van der Waals surface area contributed by atoms with Crippen LogP contribution in [0.4, 0.5) is 0 Å². The van der Waals surface area contributed by atoms with Crippen LogP contribution in [-0.2, 0) is 25.5 Å². The Morgan fingerprint density at radius 2 is 1.29 bits per heavy atom. The average Bonchev–Trinajstić information content (AvgIpc) is 3.41. The van der Waals surface area contributed by atoms with Gasteiger partial charge in [-0.3, -0.25) is 0 Å². The maximum Gasteiger partial charge on any atom is 0.120 e. The summed E-state index contributed by atoms with van der Waals surface area (Å²) in [6.45, 7) is 4.64. The standard InChI is InChI=1S/C20H16NSe.C17H10NO.Ir/c1-20(2)15-9-3-4-11-17(15)22-18-12-7-8-14(19(18)20)16-10-5-6-13-21-16;1-2-10-16-12(6-1)13-7-5-8-14(17(13)19-16)15-9-3-4-11-18-15;/h3-7,9-13H,1-2H3;1-7,9-11H;/q2*-1;. The van der Waals surface area contributed by atoms with Crippen molar-refractivity contribution in [3.05, 3.63) is 145 Å². The molecule has 0 saturated heterocycles. The van der Waals surface area contributed by atoms with Gasteiger partial charge in [0.05, 0.1) is 5.58 Å². The molecule has 207 valence electrons. The molecule has 3 nitrogen and oxygen atoms in total. The van der Waals surface area contributed by atoms with Crippen LogP contribution in [0.1, 0.15) is 25.0 Å². The first-order valence-corrected chi connectivity index (χ1v) is 15.3. The second-order valence-electron chi connectivity index (χ2n) is 10.4. The number of nitrogens with zero attached hydrogens (tertiary/aromatic N) is 2. The minimum atomic E-state index is -0.0173. The van der Waals surface area contributed by atoms with Gasteiger partial charge in [0.2, 0.25) is 0 Å². The Morgan fingerprint density at radius 3 is 2.05 bits per heavy atom. The van der Waals surface area contributed by atoms with Gasteiger partial charge in [0.15, 0.2) is 0 Å². The molecule has 42 heavy (non-hydrogen) atoms. The predicted molar refractivity (Wildman–Crippen MR) is 168 cm³/mol. The van der Waals surface area contributed by atoms with Crippen LogP contribution in [0.15, 0.2) is 126 Å². The van der Waals surface area contributed by atoms with E-state index in [0.717, 1.165) is 44.5 Å². The van der Waals surface area contributed by atoms with E-state index in [-0.39, 0.29) is 25.5 Å². The normalized spacial score (nSPS) is 12.9. The third kappa shape index (κ3) is 5.04. The second kappa shape index (κ2) is 11.8. The van der Waals surface area contributed by atoms with Gasteiger partial charge in [-0.2, -0.15) is 0 Å². The molecule has 0 N–H and O–H groups in total. The van der Waals surface area contributed by atoms with Crippen LogP contribution in [-0.4, -0.2) is 24.9 Å². The van der Waals surface area contributed by atoms with Crippen LogP contribution < -0.4 is 8.92 Å². The molecule has 1 radical (unpaired) electrons. The number of aromatic nitrogens is 2. The SMILES string of the molecule is CC1(C)c2ccccc2[Se]c2cc[c-]c(-c3ccccn3)c21.[Ir].[c-]1ccc2c(oc3ccccc32)c1-c1ccccn1. The Labute approximate surface area is 265 Å². The first-order valence-electron chi connectivity index (χ1n) is 13.6. The van der Waals surface area contributed by atoms with Crippen LogP contribution >= 0.6 is 0 Å². The number of pyridine rings is 2.